The van der Waals surface area contributed by atoms with E-state index in [4.69, 9.17) is 5.73 Å². The van der Waals surface area contributed by atoms with Crippen LogP contribution in [0.15, 0.2) is 12.3 Å². The largest absolute Gasteiger partial charge is 0.365 e. The molecule has 1 aliphatic heterocycles. The number of nitro groups is 1. The molecule has 8 nitrogen and oxygen atoms in total. The van der Waals surface area contributed by atoms with E-state index in [0.29, 0.717) is 11.9 Å². The van der Waals surface area contributed by atoms with E-state index in [2.05, 4.69) is 15.2 Å². The predicted octanol–water partition coefficient (Wildman–Crippen LogP) is 1.52. The van der Waals surface area contributed by atoms with Crippen molar-refractivity contribution in [2.45, 2.75) is 44.2 Å². The number of rotatable bonds is 5. The van der Waals surface area contributed by atoms with Gasteiger partial charge >= 0.3 is 0 Å². The molecule has 2 heterocycles. The van der Waals surface area contributed by atoms with Gasteiger partial charge in [0, 0.05) is 31.2 Å². The maximum Gasteiger partial charge on any atom is 0.288 e. The Hall–Kier alpha value is -2.22. The first-order valence-corrected chi connectivity index (χ1v) is 7.99. The van der Waals surface area contributed by atoms with Gasteiger partial charge < -0.3 is 11.1 Å². The molecule has 1 saturated heterocycles. The minimum absolute atomic E-state index is 0.0681. The quantitative estimate of drug-likeness (QED) is 0.628. The number of aromatic nitrogens is 1. The maximum absolute atomic E-state index is 11.6. The number of amides is 1. The highest BCUT2D eigenvalue weighted by atomic mass is 16.6. The number of primary amides is 1. The molecular weight excluding hydrogens is 298 g/mol. The molecule has 2 aliphatic rings. The third kappa shape index (κ3) is 3.42. The van der Waals surface area contributed by atoms with Gasteiger partial charge in [-0.25, -0.2) is 4.98 Å². The van der Waals surface area contributed by atoms with Crippen LogP contribution < -0.4 is 11.1 Å². The summed E-state index contributed by atoms with van der Waals surface area (Å²) >= 11 is 0. The summed E-state index contributed by atoms with van der Waals surface area (Å²) in [5.74, 6) is -0.379. The second-order valence-electron chi connectivity index (χ2n) is 6.27. The first-order valence-electron chi connectivity index (χ1n) is 7.99. The lowest BCUT2D eigenvalue weighted by Crippen LogP contribution is -2.33. The molecule has 0 radical (unpaired) electrons. The van der Waals surface area contributed by atoms with Crippen LogP contribution in [-0.2, 0) is 0 Å². The van der Waals surface area contributed by atoms with Crippen molar-refractivity contribution in [1.82, 2.24) is 9.88 Å². The van der Waals surface area contributed by atoms with Crippen LogP contribution in [0.5, 0.6) is 0 Å². The van der Waals surface area contributed by atoms with Gasteiger partial charge in [0.2, 0.25) is 0 Å². The van der Waals surface area contributed by atoms with E-state index in [1.807, 2.05) is 0 Å². The zero-order chi connectivity index (χ0) is 16.4. The van der Waals surface area contributed by atoms with Crippen LogP contribution in [0.25, 0.3) is 0 Å². The molecule has 1 aromatic heterocycles. The topological polar surface area (TPSA) is 114 Å². The van der Waals surface area contributed by atoms with Crippen molar-refractivity contribution in [1.29, 1.82) is 0 Å². The number of carbonyl (C=O) groups is 1. The molecule has 0 bridgehead atoms. The Bertz CT molecular complexity index is 615. The van der Waals surface area contributed by atoms with Gasteiger partial charge in [0.05, 0.1) is 10.5 Å². The van der Waals surface area contributed by atoms with E-state index in [1.54, 1.807) is 0 Å². The SMILES string of the molecule is NC(=O)c1cc([N+](=O)[O-])cnc1NC1CCN(C2CCCC2)C1. The third-order valence-electron chi connectivity index (χ3n) is 4.75. The zero-order valence-corrected chi connectivity index (χ0v) is 12.9. The average molecular weight is 319 g/mol. The Kier molecular flexibility index (Phi) is 4.42. The number of nitrogens with two attached hydrogens (primary N) is 1. The Balaban J connectivity index is 1.70. The van der Waals surface area contributed by atoms with Crippen LogP contribution in [0.2, 0.25) is 0 Å². The van der Waals surface area contributed by atoms with Gasteiger partial charge in [-0.2, -0.15) is 0 Å². The lowest BCUT2D eigenvalue weighted by atomic mass is 10.2. The summed E-state index contributed by atoms with van der Waals surface area (Å²) in [5, 5.41) is 14.0. The molecule has 3 N–H and O–H groups in total. The van der Waals surface area contributed by atoms with Gasteiger partial charge in [-0.15, -0.1) is 0 Å². The van der Waals surface area contributed by atoms with Gasteiger partial charge in [-0.1, -0.05) is 12.8 Å². The monoisotopic (exact) mass is 319 g/mol. The predicted molar refractivity (Wildman–Crippen MR) is 85.3 cm³/mol. The van der Waals surface area contributed by atoms with Crippen molar-refractivity contribution in [2.75, 3.05) is 18.4 Å². The summed E-state index contributed by atoms with van der Waals surface area (Å²) in [5.41, 5.74) is 5.17. The highest BCUT2D eigenvalue weighted by Gasteiger charge is 2.30. The molecule has 3 rings (SSSR count). The van der Waals surface area contributed by atoms with Crippen molar-refractivity contribution < 1.29 is 9.72 Å². The van der Waals surface area contributed by atoms with E-state index in [-0.39, 0.29) is 17.3 Å². The molecule has 8 heteroatoms. The van der Waals surface area contributed by atoms with E-state index >= 15 is 0 Å². The second kappa shape index (κ2) is 6.49. The van der Waals surface area contributed by atoms with Gasteiger partial charge in [-0.05, 0) is 19.3 Å². The number of nitrogens with one attached hydrogen (secondary N) is 1. The zero-order valence-electron chi connectivity index (χ0n) is 12.9. The number of carbonyl (C=O) groups excluding carboxylic acids is 1. The molecule has 124 valence electrons. The van der Waals surface area contributed by atoms with E-state index in [1.165, 1.54) is 31.7 Å². The standard InChI is InChI=1S/C15H21N5O3/c16-14(21)13-7-12(20(22)23)8-17-15(13)18-10-5-6-19(9-10)11-3-1-2-4-11/h7-8,10-11H,1-6,9H2,(H2,16,21)(H,17,18). The van der Waals surface area contributed by atoms with Crippen LogP contribution in [0.3, 0.4) is 0 Å². The van der Waals surface area contributed by atoms with E-state index < -0.39 is 10.8 Å². The van der Waals surface area contributed by atoms with Crippen LogP contribution in [0.4, 0.5) is 11.5 Å². The van der Waals surface area contributed by atoms with Gasteiger partial charge in [-0.3, -0.25) is 19.8 Å². The number of hydrogen-bond acceptors (Lipinski definition) is 6. The van der Waals surface area contributed by atoms with Gasteiger partial charge in [0.15, 0.2) is 0 Å². The molecule has 1 atom stereocenters. The summed E-state index contributed by atoms with van der Waals surface area (Å²) in [6, 6.07) is 2.03. The highest BCUT2D eigenvalue weighted by Crippen LogP contribution is 2.28. The molecule has 0 spiro atoms. The van der Waals surface area contributed by atoms with Crippen LogP contribution in [0, 0.1) is 10.1 Å². The van der Waals surface area contributed by atoms with Crippen molar-refractivity contribution in [3.63, 3.8) is 0 Å². The molecule has 1 unspecified atom stereocenters. The minimum Gasteiger partial charge on any atom is -0.365 e. The minimum atomic E-state index is -0.714. The first-order chi connectivity index (χ1) is 11.0. The van der Waals surface area contributed by atoms with Crippen molar-refractivity contribution in [2.24, 2.45) is 5.73 Å². The fraction of sp³-hybridized carbons (Fsp3) is 0.600. The summed E-state index contributed by atoms with van der Waals surface area (Å²) < 4.78 is 0. The Morgan fingerprint density at radius 2 is 2.13 bits per heavy atom. The summed E-state index contributed by atoms with van der Waals surface area (Å²) in [4.78, 5) is 28.3. The summed E-state index contributed by atoms with van der Waals surface area (Å²) in [6.45, 7) is 1.93. The fourth-order valence-electron chi connectivity index (χ4n) is 3.56. The molecule has 23 heavy (non-hydrogen) atoms. The van der Waals surface area contributed by atoms with Crippen molar-refractivity contribution >= 4 is 17.4 Å². The average Bonchev–Trinajstić information content (AvgIpc) is 3.17. The smallest absolute Gasteiger partial charge is 0.288 e. The molecule has 1 aliphatic carbocycles. The van der Waals surface area contributed by atoms with Gasteiger partial charge in [0.25, 0.3) is 11.6 Å². The fourth-order valence-corrected chi connectivity index (χ4v) is 3.56. The van der Waals surface area contributed by atoms with Crippen molar-refractivity contribution in [3.05, 3.63) is 27.9 Å². The second-order valence-corrected chi connectivity index (χ2v) is 6.27. The first kappa shape index (κ1) is 15.7. The number of likely N-dealkylation sites (tertiary alicyclic amines) is 1. The number of hydrogen-bond donors (Lipinski definition) is 2. The van der Waals surface area contributed by atoms with E-state index in [0.717, 1.165) is 25.7 Å². The third-order valence-corrected chi connectivity index (χ3v) is 4.75. The van der Waals surface area contributed by atoms with Gasteiger partial charge in [0.1, 0.15) is 12.0 Å². The molecule has 2 fully saturated rings. The number of anilines is 1. The lowest BCUT2D eigenvalue weighted by molar-refractivity contribution is -0.385. The number of nitrogens with zero attached hydrogens (tertiary/aromatic N) is 3. The summed E-state index contributed by atoms with van der Waals surface area (Å²) in [7, 11) is 0. The molecule has 1 aromatic rings. The van der Waals surface area contributed by atoms with Crippen molar-refractivity contribution in [3.8, 4) is 0 Å². The van der Waals surface area contributed by atoms with Crippen LogP contribution in [-0.4, -0.2) is 45.9 Å². The highest BCUT2D eigenvalue weighted by molar-refractivity contribution is 5.98. The number of pyridine rings is 1. The maximum atomic E-state index is 11.6. The Labute approximate surface area is 134 Å². The molecule has 1 saturated carbocycles. The normalized spacial score (nSPS) is 22.3. The molecule has 0 aromatic carbocycles. The Morgan fingerprint density at radius 3 is 2.78 bits per heavy atom. The summed E-state index contributed by atoms with van der Waals surface area (Å²) in [6.07, 6.45) is 7.24. The molecule has 1 amide bonds. The van der Waals surface area contributed by atoms with E-state index in [9.17, 15) is 14.9 Å². The lowest BCUT2D eigenvalue weighted by Gasteiger charge is -2.23. The molecular formula is C15H21N5O3. The van der Waals surface area contributed by atoms with Crippen LogP contribution in [0.1, 0.15) is 42.5 Å². The Morgan fingerprint density at radius 1 is 1.39 bits per heavy atom. The van der Waals surface area contributed by atoms with Crippen LogP contribution >= 0.6 is 0 Å².